The minimum atomic E-state index is -4.78. The van der Waals surface area contributed by atoms with Gasteiger partial charge in [-0.15, -0.1) is 0 Å². The van der Waals surface area contributed by atoms with E-state index in [9.17, 15) is 22.8 Å². The monoisotopic (exact) mass is 486 g/mol. The molecule has 3 aromatic rings. The lowest BCUT2D eigenvalue weighted by Crippen LogP contribution is -2.70. The molecule has 1 unspecified atom stereocenters. The Morgan fingerprint density at radius 3 is 2.46 bits per heavy atom. The Bertz CT molecular complexity index is 1260. The van der Waals surface area contributed by atoms with Crippen LogP contribution in [0.3, 0.4) is 0 Å². The standard InChI is InChI=1S/C24H25F3N6O2/c1-16-11-28-32(12-16)17(2)21(34)31-10-6-9-23(31)14-30(15-23)22(35)19-13-33(18-7-4-3-5-8-18)29-20(19)24(25,26)27/h3-5,7-8,11-13,17H,6,9-10,14-15H2,1-2H3. The second-order valence-electron chi connectivity index (χ2n) is 9.32. The predicted molar refractivity (Wildman–Crippen MR) is 120 cm³/mol. The molecule has 0 saturated carbocycles. The molecule has 1 atom stereocenters. The fraction of sp³-hybridized carbons (Fsp3) is 0.417. The van der Waals surface area contributed by atoms with Crippen molar-refractivity contribution in [1.29, 1.82) is 0 Å². The number of benzene rings is 1. The van der Waals surface area contributed by atoms with Crippen LogP contribution in [0.15, 0.2) is 48.9 Å². The van der Waals surface area contributed by atoms with E-state index in [2.05, 4.69) is 10.2 Å². The molecule has 4 heterocycles. The molecule has 2 aliphatic heterocycles. The maximum atomic E-state index is 13.7. The molecule has 0 bridgehead atoms. The number of rotatable bonds is 4. The summed E-state index contributed by atoms with van der Waals surface area (Å²) in [4.78, 5) is 29.6. The maximum Gasteiger partial charge on any atom is 0.435 e. The molecule has 35 heavy (non-hydrogen) atoms. The number of halogens is 3. The molecule has 0 radical (unpaired) electrons. The topological polar surface area (TPSA) is 76.3 Å². The molecule has 5 rings (SSSR count). The van der Waals surface area contributed by atoms with Crippen LogP contribution in [0.1, 0.15) is 47.4 Å². The van der Waals surface area contributed by atoms with E-state index in [1.54, 1.807) is 59.2 Å². The van der Waals surface area contributed by atoms with E-state index in [0.29, 0.717) is 18.7 Å². The Kier molecular flexibility index (Phi) is 5.45. The van der Waals surface area contributed by atoms with Crippen molar-refractivity contribution in [3.05, 3.63) is 65.7 Å². The molecule has 2 aliphatic rings. The number of nitrogens with zero attached hydrogens (tertiary/aromatic N) is 6. The second-order valence-corrected chi connectivity index (χ2v) is 9.32. The lowest BCUT2D eigenvalue weighted by atomic mass is 9.86. The molecular weight excluding hydrogens is 461 g/mol. The fourth-order valence-corrected chi connectivity index (χ4v) is 5.03. The number of alkyl halides is 3. The highest BCUT2D eigenvalue weighted by Gasteiger charge is 2.55. The van der Waals surface area contributed by atoms with Gasteiger partial charge >= 0.3 is 6.18 Å². The summed E-state index contributed by atoms with van der Waals surface area (Å²) in [7, 11) is 0. The number of carbonyl (C=O) groups is 2. The van der Waals surface area contributed by atoms with E-state index in [1.807, 2.05) is 6.92 Å². The second kappa shape index (κ2) is 8.24. The van der Waals surface area contributed by atoms with E-state index in [-0.39, 0.29) is 19.0 Å². The highest BCUT2D eigenvalue weighted by molar-refractivity contribution is 5.96. The smallest absolute Gasteiger partial charge is 0.334 e. The molecule has 184 valence electrons. The minimum absolute atomic E-state index is 0.106. The minimum Gasteiger partial charge on any atom is -0.334 e. The van der Waals surface area contributed by atoms with Crippen LogP contribution >= 0.6 is 0 Å². The summed E-state index contributed by atoms with van der Waals surface area (Å²) in [5.74, 6) is -0.842. The first-order valence-corrected chi connectivity index (χ1v) is 11.4. The van der Waals surface area contributed by atoms with Gasteiger partial charge in [-0.05, 0) is 44.4 Å². The van der Waals surface area contributed by atoms with Crippen LogP contribution in [0.2, 0.25) is 0 Å². The third-order valence-electron chi connectivity index (χ3n) is 6.84. The zero-order valence-corrected chi connectivity index (χ0v) is 19.4. The van der Waals surface area contributed by atoms with Gasteiger partial charge in [-0.25, -0.2) is 4.68 Å². The van der Waals surface area contributed by atoms with E-state index in [0.717, 1.165) is 22.9 Å². The molecular formula is C24H25F3N6O2. The number of aryl methyl sites for hydroxylation is 1. The molecule has 2 amide bonds. The van der Waals surface area contributed by atoms with Gasteiger partial charge in [0.2, 0.25) is 5.91 Å². The normalized spacial score (nSPS) is 18.1. The molecule has 2 fully saturated rings. The summed E-state index contributed by atoms with van der Waals surface area (Å²) in [5, 5.41) is 7.91. The zero-order chi connectivity index (χ0) is 25.0. The first-order valence-electron chi connectivity index (χ1n) is 11.4. The van der Waals surface area contributed by atoms with Gasteiger partial charge in [0.25, 0.3) is 5.91 Å². The number of carbonyl (C=O) groups excluding carboxylic acids is 2. The van der Waals surface area contributed by atoms with Crippen LogP contribution in [0, 0.1) is 6.92 Å². The molecule has 0 aliphatic carbocycles. The lowest BCUT2D eigenvalue weighted by molar-refractivity contribution is -0.144. The van der Waals surface area contributed by atoms with Gasteiger partial charge in [0, 0.05) is 32.0 Å². The number of hydrogen-bond acceptors (Lipinski definition) is 4. The molecule has 1 spiro atoms. The Morgan fingerprint density at radius 1 is 1.11 bits per heavy atom. The van der Waals surface area contributed by atoms with Gasteiger partial charge in [0.1, 0.15) is 6.04 Å². The fourth-order valence-electron chi connectivity index (χ4n) is 5.03. The van der Waals surface area contributed by atoms with E-state index in [4.69, 9.17) is 0 Å². The van der Waals surface area contributed by atoms with E-state index in [1.165, 1.54) is 4.90 Å². The van der Waals surface area contributed by atoms with Gasteiger partial charge in [0.15, 0.2) is 5.69 Å². The summed E-state index contributed by atoms with van der Waals surface area (Å²) >= 11 is 0. The Balaban J connectivity index is 1.36. The van der Waals surface area contributed by atoms with E-state index < -0.39 is 34.9 Å². The van der Waals surface area contributed by atoms with Crippen molar-refractivity contribution >= 4 is 11.8 Å². The van der Waals surface area contributed by atoms with Crippen LogP contribution < -0.4 is 0 Å². The molecule has 0 N–H and O–H groups in total. The molecule has 8 nitrogen and oxygen atoms in total. The van der Waals surface area contributed by atoms with Crippen molar-refractivity contribution in [3.63, 3.8) is 0 Å². The van der Waals surface area contributed by atoms with Crippen LogP contribution in [0.25, 0.3) is 5.69 Å². The molecule has 2 saturated heterocycles. The quantitative estimate of drug-likeness (QED) is 0.566. The Labute approximate surface area is 199 Å². The Hall–Kier alpha value is -3.63. The third-order valence-corrected chi connectivity index (χ3v) is 6.84. The first kappa shape index (κ1) is 23.1. The average Bonchev–Trinajstić information content (AvgIpc) is 3.54. The van der Waals surface area contributed by atoms with Crippen LogP contribution in [0.5, 0.6) is 0 Å². The molecule has 11 heteroatoms. The van der Waals surface area contributed by atoms with Gasteiger partial charge in [-0.1, -0.05) is 18.2 Å². The van der Waals surface area contributed by atoms with Crippen LogP contribution in [-0.2, 0) is 11.0 Å². The van der Waals surface area contributed by atoms with Crippen LogP contribution in [0.4, 0.5) is 13.2 Å². The highest BCUT2D eigenvalue weighted by Crippen LogP contribution is 2.41. The largest absolute Gasteiger partial charge is 0.435 e. The van der Waals surface area contributed by atoms with Crippen molar-refractivity contribution in [2.75, 3.05) is 19.6 Å². The van der Waals surface area contributed by atoms with Crippen molar-refractivity contribution in [1.82, 2.24) is 29.4 Å². The number of para-hydroxylation sites is 1. The van der Waals surface area contributed by atoms with Crippen molar-refractivity contribution < 1.29 is 22.8 Å². The van der Waals surface area contributed by atoms with Crippen LogP contribution in [-0.4, -0.2) is 66.3 Å². The summed E-state index contributed by atoms with van der Waals surface area (Å²) in [5.41, 5.74) is -0.899. The summed E-state index contributed by atoms with van der Waals surface area (Å²) in [6.07, 6.45) is 1.30. The SMILES string of the molecule is Cc1cnn(C(C)C(=O)N2CCCC23CN(C(=O)c2cn(-c4ccccc4)nc2C(F)(F)F)C3)c1. The lowest BCUT2D eigenvalue weighted by Gasteiger charge is -2.53. The van der Waals surface area contributed by atoms with Gasteiger partial charge < -0.3 is 9.80 Å². The molecule has 1 aromatic carbocycles. The van der Waals surface area contributed by atoms with Crippen molar-refractivity contribution in [2.24, 2.45) is 0 Å². The zero-order valence-electron chi connectivity index (χ0n) is 19.4. The third kappa shape index (κ3) is 3.98. The van der Waals surface area contributed by atoms with Crippen molar-refractivity contribution in [2.45, 2.75) is 44.4 Å². The first-order chi connectivity index (χ1) is 16.6. The Morgan fingerprint density at radius 2 is 1.83 bits per heavy atom. The van der Waals surface area contributed by atoms with E-state index >= 15 is 0 Å². The highest BCUT2D eigenvalue weighted by atomic mass is 19.4. The van der Waals surface area contributed by atoms with Gasteiger partial charge in [0.05, 0.1) is 23.0 Å². The number of likely N-dealkylation sites (tertiary alicyclic amines) is 2. The summed E-state index contributed by atoms with van der Waals surface area (Å²) in [6, 6.07) is 7.83. The predicted octanol–water partition coefficient (Wildman–Crippen LogP) is 3.47. The summed E-state index contributed by atoms with van der Waals surface area (Å²) in [6.45, 7) is 4.59. The van der Waals surface area contributed by atoms with Gasteiger partial charge in [-0.3, -0.25) is 14.3 Å². The summed E-state index contributed by atoms with van der Waals surface area (Å²) < 4.78 is 43.9. The molecule has 2 aromatic heterocycles. The maximum absolute atomic E-state index is 13.7. The number of hydrogen-bond donors (Lipinski definition) is 0. The number of amides is 2. The van der Waals surface area contributed by atoms with Crippen molar-refractivity contribution in [3.8, 4) is 5.69 Å². The average molecular weight is 486 g/mol. The van der Waals surface area contributed by atoms with Gasteiger partial charge in [-0.2, -0.15) is 23.4 Å². The number of aromatic nitrogens is 4.